The van der Waals surface area contributed by atoms with Crippen molar-refractivity contribution in [2.75, 3.05) is 13.2 Å². The molecule has 3 aromatic rings. The minimum absolute atomic E-state index is 0.154. The average Bonchev–Trinajstić information content (AvgIpc) is 2.78. The van der Waals surface area contributed by atoms with Crippen molar-refractivity contribution in [3.05, 3.63) is 87.4 Å². The first kappa shape index (κ1) is 22.0. The third kappa shape index (κ3) is 5.93. The van der Waals surface area contributed by atoms with Crippen LogP contribution in [0.3, 0.4) is 0 Å². The molecule has 1 N–H and O–H groups in total. The highest BCUT2D eigenvalue weighted by atomic mass is 35.5. The topological polar surface area (TPSA) is 69.2 Å². The zero-order valence-electron chi connectivity index (χ0n) is 17.0. The van der Waals surface area contributed by atoms with Crippen LogP contribution >= 0.6 is 23.2 Å². The largest absolute Gasteiger partial charge is 0.488 e. The first-order valence-electron chi connectivity index (χ1n) is 9.94. The van der Waals surface area contributed by atoms with E-state index in [0.717, 1.165) is 11.1 Å². The number of hydrogen-bond donors (Lipinski definition) is 1. The lowest BCUT2D eigenvalue weighted by molar-refractivity contribution is -0.120. The zero-order valence-corrected chi connectivity index (χ0v) is 18.5. The summed E-state index contributed by atoms with van der Waals surface area (Å²) in [6, 6.07) is 18.1. The van der Waals surface area contributed by atoms with Crippen LogP contribution in [-0.2, 0) is 17.8 Å². The lowest BCUT2D eigenvalue weighted by atomic mass is 10.1. The normalized spacial score (nSPS) is 12.6. The summed E-state index contributed by atoms with van der Waals surface area (Å²) < 4.78 is 16.9. The van der Waals surface area contributed by atoms with E-state index in [1.54, 1.807) is 36.4 Å². The molecule has 4 rings (SSSR count). The van der Waals surface area contributed by atoms with Gasteiger partial charge in [0.1, 0.15) is 25.6 Å². The van der Waals surface area contributed by atoms with E-state index in [-0.39, 0.29) is 12.3 Å². The highest BCUT2D eigenvalue weighted by Gasteiger charge is 2.13. The van der Waals surface area contributed by atoms with Gasteiger partial charge in [-0.05, 0) is 53.6 Å². The van der Waals surface area contributed by atoms with Crippen LogP contribution in [0.4, 0.5) is 0 Å². The van der Waals surface area contributed by atoms with E-state index in [1.807, 2.05) is 24.3 Å². The number of hydrogen-bond acceptors (Lipinski definition) is 5. The molecule has 0 aromatic heterocycles. The van der Waals surface area contributed by atoms with Crippen LogP contribution in [0.5, 0.6) is 17.2 Å². The van der Waals surface area contributed by atoms with Crippen molar-refractivity contribution in [3.63, 3.8) is 0 Å². The number of nitrogens with one attached hydrogen (secondary N) is 1. The van der Waals surface area contributed by atoms with Gasteiger partial charge in [0.2, 0.25) is 5.91 Å². The van der Waals surface area contributed by atoms with Gasteiger partial charge in [-0.15, -0.1) is 0 Å². The number of carbonyl (C=O) groups excluding carboxylic acids is 1. The molecule has 0 radical (unpaired) electrons. The molecule has 164 valence electrons. The van der Waals surface area contributed by atoms with Crippen molar-refractivity contribution in [1.82, 2.24) is 5.43 Å². The molecule has 0 spiro atoms. The summed E-state index contributed by atoms with van der Waals surface area (Å²) in [5.74, 6) is 1.65. The Bertz CT molecular complexity index is 1150. The molecular weight excluding hydrogens is 451 g/mol. The van der Waals surface area contributed by atoms with Gasteiger partial charge in [0, 0.05) is 15.6 Å². The third-order valence-corrected chi connectivity index (χ3v) is 5.09. The van der Waals surface area contributed by atoms with Gasteiger partial charge in [-0.25, -0.2) is 5.43 Å². The van der Waals surface area contributed by atoms with Crippen LogP contribution < -0.4 is 19.6 Å². The van der Waals surface area contributed by atoms with Gasteiger partial charge in [-0.1, -0.05) is 41.4 Å². The van der Waals surface area contributed by atoms with Crippen molar-refractivity contribution < 1.29 is 19.0 Å². The third-order valence-electron chi connectivity index (χ3n) is 4.62. The van der Waals surface area contributed by atoms with Crippen LogP contribution in [0, 0.1) is 0 Å². The highest BCUT2D eigenvalue weighted by molar-refractivity contribution is 6.31. The zero-order chi connectivity index (χ0) is 22.3. The molecule has 1 aliphatic rings. The summed E-state index contributed by atoms with van der Waals surface area (Å²) in [5.41, 5.74) is 4.90. The predicted octanol–water partition coefficient (Wildman–Crippen LogP) is 5.04. The molecular formula is C24H20Cl2N2O4. The fraction of sp³-hybridized carbons (Fsp3) is 0.167. The van der Waals surface area contributed by atoms with Crippen molar-refractivity contribution in [1.29, 1.82) is 0 Å². The van der Waals surface area contributed by atoms with E-state index >= 15 is 0 Å². The number of nitrogens with zero attached hydrogens (tertiary/aromatic N) is 1. The van der Waals surface area contributed by atoms with Crippen LogP contribution in [-0.4, -0.2) is 25.3 Å². The average molecular weight is 471 g/mol. The minimum Gasteiger partial charge on any atom is -0.488 e. The fourth-order valence-corrected chi connectivity index (χ4v) is 3.53. The molecule has 3 aromatic carbocycles. The van der Waals surface area contributed by atoms with Gasteiger partial charge in [0.05, 0.1) is 12.6 Å². The maximum absolute atomic E-state index is 12.3. The van der Waals surface area contributed by atoms with Gasteiger partial charge in [0.25, 0.3) is 0 Å². The Morgan fingerprint density at radius 1 is 0.969 bits per heavy atom. The number of carbonyl (C=O) groups is 1. The molecule has 0 saturated carbocycles. The van der Waals surface area contributed by atoms with Gasteiger partial charge in [-0.3, -0.25) is 4.79 Å². The molecule has 0 bridgehead atoms. The van der Waals surface area contributed by atoms with Crippen LogP contribution in [0.1, 0.15) is 16.7 Å². The standard InChI is InChI=1S/C24H20Cl2N2O4/c25-19-3-1-2-17(10-19)15-32-21-7-5-20(26)13-18(21)14-27-28-24(29)12-16-4-6-22-23(11-16)31-9-8-30-22/h1-7,10-11,13-14H,8-9,12,15H2,(H,28,29)/b27-14+. The van der Waals surface area contributed by atoms with E-state index in [2.05, 4.69) is 10.5 Å². The molecule has 0 unspecified atom stereocenters. The minimum atomic E-state index is -0.263. The second-order valence-electron chi connectivity index (χ2n) is 7.05. The lowest BCUT2D eigenvalue weighted by Crippen LogP contribution is -2.20. The van der Waals surface area contributed by atoms with Crippen LogP contribution in [0.25, 0.3) is 0 Å². The summed E-state index contributed by atoms with van der Waals surface area (Å²) in [6.07, 6.45) is 1.66. The maximum Gasteiger partial charge on any atom is 0.244 e. The Balaban J connectivity index is 1.37. The maximum atomic E-state index is 12.3. The van der Waals surface area contributed by atoms with Gasteiger partial charge >= 0.3 is 0 Å². The highest BCUT2D eigenvalue weighted by Crippen LogP contribution is 2.30. The Morgan fingerprint density at radius 2 is 1.78 bits per heavy atom. The summed E-state index contributed by atoms with van der Waals surface area (Å²) in [5, 5.41) is 5.23. The number of halogens is 2. The lowest BCUT2D eigenvalue weighted by Gasteiger charge is -2.18. The van der Waals surface area contributed by atoms with E-state index in [1.165, 1.54) is 6.21 Å². The van der Waals surface area contributed by atoms with E-state index in [4.69, 9.17) is 37.4 Å². The summed E-state index contributed by atoms with van der Waals surface area (Å²) in [4.78, 5) is 12.3. The number of hydrazone groups is 1. The molecule has 0 saturated heterocycles. The monoisotopic (exact) mass is 470 g/mol. The van der Waals surface area contributed by atoms with E-state index < -0.39 is 0 Å². The number of amides is 1. The molecule has 1 amide bonds. The molecule has 8 heteroatoms. The fourth-order valence-electron chi connectivity index (χ4n) is 3.14. The van der Waals surface area contributed by atoms with Gasteiger partial charge in [-0.2, -0.15) is 5.10 Å². The predicted molar refractivity (Wildman–Crippen MR) is 124 cm³/mol. The first-order valence-corrected chi connectivity index (χ1v) is 10.7. The van der Waals surface area contributed by atoms with E-state index in [0.29, 0.717) is 52.7 Å². The smallest absolute Gasteiger partial charge is 0.244 e. The summed E-state index contributed by atoms with van der Waals surface area (Å²) in [6.45, 7) is 1.35. The number of rotatable bonds is 7. The van der Waals surface area contributed by atoms with Crippen molar-refractivity contribution in [3.8, 4) is 17.2 Å². The quantitative estimate of drug-likeness (QED) is 0.388. The first-order chi connectivity index (χ1) is 15.6. The Hall–Kier alpha value is -3.22. The number of ether oxygens (including phenoxy) is 3. The Labute approximate surface area is 195 Å². The summed E-state index contributed by atoms with van der Waals surface area (Å²) in [7, 11) is 0. The number of benzene rings is 3. The Morgan fingerprint density at radius 3 is 2.62 bits per heavy atom. The molecule has 1 heterocycles. The molecule has 32 heavy (non-hydrogen) atoms. The van der Waals surface area contributed by atoms with Crippen molar-refractivity contribution >= 4 is 35.3 Å². The van der Waals surface area contributed by atoms with E-state index in [9.17, 15) is 4.79 Å². The molecule has 0 fully saturated rings. The molecule has 6 nitrogen and oxygen atoms in total. The summed E-state index contributed by atoms with van der Waals surface area (Å²) >= 11 is 12.1. The number of fused-ring (bicyclic) bond motifs is 1. The van der Waals surface area contributed by atoms with Crippen LogP contribution in [0.15, 0.2) is 65.8 Å². The molecule has 0 aliphatic carbocycles. The van der Waals surface area contributed by atoms with Crippen LogP contribution in [0.2, 0.25) is 10.0 Å². The van der Waals surface area contributed by atoms with Gasteiger partial charge in [0.15, 0.2) is 11.5 Å². The van der Waals surface area contributed by atoms with Crippen molar-refractivity contribution in [2.24, 2.45) is 5.10 Å². The molecule has 0 atom stereocenters. The van der Waals surface area contributed by atoms with Gasteiger partial charge < -0.3 is 14.2 Å². The van der Waals surface area contributed by atoms with Crippen molar-refractivity contribution in [2.45, 2.75) is 13.0 Å². The Kier molecular flexibility index (Phi) is 7.14. The second kappa shape index (κ2) is 10.4. The molecule has 1 aliphatic heterocycles. The SMILES string of the molecule is O=C(Cc1ccc2c(c1)OCCO2)N/N=C/c1cc(Cl)ccc1OCc1cccc(Cl)c1. The second-order valence-corrected chi connectivity index (χ2v) is 7.92.